The summed E-state index contributed by atoms with van der Waals surface area (Å²) in [4.78, 5) is 23.1. The number of alkyl halides is 1. The number of hydrogen-bond donors (Lipinski definition) is 0. The van der Waals surface area contributed by atoms with Gasteiger partial charge in [-0.25, -0.2) is 4.39 Å². The van der Waals surface area contributed by atoms with Gasteiger partial charge in [0.05, 0.1) is 0 Å². The van der Waals surface area contributed by atoms with Crippen LogP contribution in [0.2, 0.25) is 0 Å². The third-order valence-electron chi connectivity index (χ3n) is 2.64. The fraction of sp³-hybridized carbons (Fsp3) is 0.800. The summed E-state index contributed by atoms with van der Waals surface area (Å²) in [5.41, 5.74) is -1.46. The molecule has 5 heteroatoms. The summed E-state index contributed by atoms with van der Waals surface area (Å²) in [5.74, 6) is -0.509. The minimum absolute atomic E-state index is 0.0375. The molecule has 15 heavy (non-hydrogen) atoms. The van der Waals surface area contributed by atoms with Crippen LogP contribution >= 0.6 is 0 Å². The van der Waals surface area contributed by atoms with Crippen LogP contribution in [-0.4, -0.2) is 42.1 Å². The van der Waals surface area contributed by atoms with Crippen molar-refractivity contribution in [3.63, 3.8) is 0 Å². The second-order valence-electron chi connectivity index (χ2n) is 3.94. The molecule has 1 aliphatic heterocycles. The Kier molecular flexibility index (Phi) is 3.66. The first-order chi connectivity index (χ1) is 6.93. The van der Waals surface area contributed by atoms with Gasteiger partial charge in [-0.3, -0.25) is 9.59 Å². The lowest BCUT2D eigenvalue weighted by Gasteiger charge is -2.35. The molecule has 0 spiro atoms. The zero-order valence-electron chi connectivity index (χ0n) is 9.09. The average molecular weight is 217 g/mol. The predicted octanol–water partition coefficient (Wildman–Crippen LogP) is 0.900. The van der Waals surface area contributed by atoms with Crippen LogP contribution in [0.5, 0.6) is 0 Å². The van der Waals surface area contributed by atoms with Gasteiger partial charge in [-0.2, -0.15) is 0 Å². The minimum Gasteiger partial charge on any atom is -0.462 e. The summed E-state index contributed by atoms with van der Waals surface area (Å²) in [6.45, 7) is 3.32. The first-order valence-corrected chi connectivity index (χ1v) is 5.01. The van der Waals surface area contributed by atoms with Gasteiger partial charge in [-0.15, -0.1) is 0 Å². The highest BCUT2D eigenvalue weighted by atomic mass is 19.1. The van der Waals surface area contributed by atoms with E-state index in [-0.39, 0.29) is 25.4 Å². The third-order valence-corrected chi connectivity index (χ3v) is 2.64. The molecule has 0 aliphatic carbocycles. The minimum atomic E-state index is -1.46. The van der Waals surface area contributed by atoms with E-state index in [0.717, 1.165) is 0 Å². The zero-order chi connectivity index (χ0) is 11.5. The molecule has 1 fully saturated rings. The maximum atomic E-state index is 14.0. The van der Waals surface area contributed by atoms with Crippen LogP contribution in [-0.2, 0) is 14.3 Å². The number of rotatable bonds is 2. The number of esters is 1. The lowest BCUT2D eigenvalue weighted by molar-refractivity contribution is -0.148. The fourth-order valence-electron chi connectivity index (χ4n) is 1.60. The van der Waals surface area contributed by atoms with E-state index in [1.807, 2.05) is 0 Å². The fourth-order valence-corrected chi connectivity index (χ4v) is 1.60. The molecule has 0 aromatic carbocycles. The molecule has 4 nitrogen and oxygen atoms in total. The van der Waals surface area contributed by atoms with Crippen molar-refractivity contribution < 1.29 is 18.7 Å². The number of likely N-dealkylation sites (tertiary alicyclic amines) is 1. The first-order valence-electron chi connectivity index (χ1n) is 5.01. The highest BCUT2D eigenvalue weighted by molar-refractivity contribution is 5.73. The van der Waals surface area contributed by atoms with Gasteiger partial charge in [-0.05, 0) is 0 Å². The topological polar surface area (TPSA) is 46.6 Å². The molecular weight excluding hydrogens is 201 g/mol. The molecule has 1 saturated heterocycles. The summed E-state index contributed by atoms with van der Waals surface area (Å²) in [7, 11) is 0. The van der Waals surface area contributed by atoms with E-state index in [1.165, 1.54) is 13.8 Å². The monoisotopic (exact) mass is 217 g/mol. The lowest BCUT2D eigenvalue weighted by atomic mass is 9.94. The molecule has 0 bridgehead atoms. The second kappa shape index (κ2) is 4.59. The van der Waals surface area contributed by atoms with Crippen LogP contribution in [0.4, 0.5) is 4.39 Å². The number of amides is 1. The summed E-state index contributed by atoms with van der Waals surface area (Å²) in [5, 5.41) is 0. The van der Waals surface area contributed by atoms with Gasteiger partial charge >= 0.3 is 5.97 Å². The molecule has 0 aromatic heterocycles. The Hall–Kier alpha value is -1.13. The zero-order valence-corrected chi connectivity index (χ0v) is 9.09. The Morgan fingerprint density at radius 3 is 2.27 bits per heavy atom. The molecular formula is C10H16FNO3. The van der Waals surface area contributed by atoms with Gasteiger partial charge in [0.15, 0.2) is 0 Å². The van der Waals surface area contributed by atoms with Crippen molar-refractivity contribution in [1.82, 2.24) is 4.90 Å². The Morgan fingerprint density at radius 1 is 1.33 bits per heavy atom. The van der Waals surface area contributed by atoms with E-state index >= 15 is 0 Å². The van der Waals surface area contributed by atoms with E-state index in [9.17, 15) is 14.0 Å². The van der Waals surface area contributed by atoms with Gasteiger partial charge in [-0.1, -0.05) is 0 Å². The number of piperidine rings is 1. The van der Waals surface area contributed by atoms with E-state index < -0.39 is 11.6 Å². The quantitative estimate of drug-likeness (QED) is 0.646. The maximum absolute atomic E-state index is 14.0. The van der Waals surface area contributed by atoms with Gasteiger partial charge in [0.25, 0.3) is 0 Å². The van der Waals surface area contributed by atoms with Crippen LogP contribution in [0.15, 0.2) is 0 Å². The van der Waals surface area contributed by atoms with Crippen LogP contribution in [0, 0.1) is 0 Å². The number of hydrogen-bond acceptors (Lipinski definition) is 3. The van der Waals surface area contributed by atoms with Crippen LogP contribution < -0.4 is 0 Å². The molecule has 0 unspecified atom stereocenters. The van der Waals surface area contributed by atoms with Gasteiger partial charge in [0, 0.05) is 39.8 Å². The van der Waals surface area contributed by atoms with Crippen molar-refractivity contribution in [3.8, 4) is 0 Å². The number of carbonyl (C=O) groups excluding carboxylic acids is 2. The van der Waals surface area contributed by atoms with E-state index in [4.69, 9.17) is 0 Å². The van der Waals surface area contributed by atoms with Crippen molar-refractivity contribution in [2.24, 2.45) is 0 Å². The van der Waals surface area contributed by atoms with Crippen molar-refractivity contribution in [1.29, 1.82) is 0 Å². The first kappa shape index (κ1) is 11.9. The molecule has 1 aliphatic rings. The van der Waals surface area contributed by atoms with Crippen LogP contribution in [0.3, 0.4) is 0 Å². The largest absolute Gasteiger partial charge is 0.462 e. The van der Waals surface area contributed by atoms with Crippen LogP contribution in [0.1, 0.15) is 26.7 Å². The Bertz CT molecular complexity index is 259. The standard InChI is InChI=1S/C10H16FNO3/c1-8(13)12-5-3-10(11,4-6-12)7-15-9(2)14/h3-7H2,1-2H3. The SMILES string of the molecule is CC(=O)OCC1(F)CCN(C(C)=O)CC1. The molecule has 0 saturated carbocycles. The smallest absolute Gasteiger partial charge is 0.302 e. The van der Waals surface area contributed by atoms with Crippen molar-refractivity contribution in [3.05, 3.63) is 0 Å². The Labute approximate surface area is 88.4 Å². The highest BCUT2D eigenvalue weighted by Crippen LogP contribution is 2.26. The molecule has 0 atom stereocenters. The van der Waals surface area contributed by atoms with Crippen molar-refractivity contribution >= 4 is 11.9 Å². The van der Waals surface area contributed by atoms with E-state index in [0.29, 0.717) is 13.1 Å². The number of nitrogens with zero attached hydrogens (tertiary/aromatic N) is 1. The van der Waals surface area contributed by atoms with E-state index in [1.54, 1.807) is 4.90 Å². The second-order valence-corrected chi connectivity index (χ2v) is 3.94. The summed E-state index contributed by atoms with van der Waals surface area (Å²) in [6, 6.07) is 0. The Balaban J connectivity index is 2.40. The van der Waals surface area contributed by atoms with Gasteiger partial charge < -0.3 is 9.64 Å². The van der Waals surface area contributed by atoms with Gasteiger partial charge in [0.2, 0.25) is 5.91 Å². The molecule has 1 heterocycles. The molecule has 1 amide bonds. The van der Waals surface area contributed by atoms with E-state index in [2.05, 4.69) is 4.74 Å². The molecule has 0 N–H and O–H groups in total. The summed E-state index contributed by atoms with van der Waals surface area (Å²) >= 11 is 0. The lowest BCUT2D eigenvalue weighted by Crippen LogP contribution is -2.46. The maximum Gasteiger partial charge on any atom is 0.302 e. The predicted molar refractivity (Wildman–Crippen MR) is 52.0 cm³/mol. The number of ether oxygens (including phenoxy) is 1. The molecule has 86 valence electrons. The normalized spacial score (nSPS) is 19.8. The van der Waals surface area contributed by atoms with Crippen molar-refractivity contribution in [2.75, 3.05) is 19.7 Å². The highest BCUT2D eigenvalue weighted by Gasteiger charge is 2.36. The molecule has 1 rings (SSSR count). The molecule has 0 radical (unpaired) electrons. The average Bonchev–Trinajstić information content (AvgIpc) is 2.16. The number of carbonyl (C=O) groups is 2. The van der Waals surface area contributed by atoms with Crippen LogP contribution in [0.25, 0.3) is 0 Å². The van der Waals surface area contributed by atoms with Gasteiger partial charge in [0.1, 0.15) is 12.3 Å². The third kappa shape index (κ3) is 3.49. The summed E-state index contributed by atoms with van der Waals surface area (Å²) in [6.07, 6.45) is 0.472. The molecule has 0 aromatic rings. The van der Waals surface area contributed by atoms with Crippen molar-refractivity contribution in [2.45, 2.75) is 32.4 Å². The Morgan fingerprint density at radius 2 is 1.87 bits per heavy atom. The number of halogens is 1. The summed E-state index contributed by atoms with van der Waals surface area (Å²) < 4.78 is 18.6.